The third-order valence-electron chi connectivity index (χ3n) is 2.37. The maximum Gasteiger partial charge on any atom is 0.433 e. The van der Waals surface area contributed by atoms with Crippen LogP contribution in [0, 0.1) is 6.92 Å². The van der Waals surface area contributed by atoms with Crippen LogP contribution < -0.4 is 4.74 Å². The second-order valence-electron chi connectivity index (χ2n) is 3.87. The third-order valence-corrected chi connectivity index (χ3v) is 3.26. The minimum absolute atomic E-state index is 0.0865. The van der Waals surface area contributed by atoms with Crippen LogP contribution in [-0.4, -0.2) is 4.98 Å². The van der Waals surface area contributed by atoms with Crippen molar-refractivity contribution in [2.45, 2.75) is 13.1 Å². The van der Waals surface area contributed by atoms with Crippen LogP contribution in [0.15, 0.2) is 40.9 Å². The van der Waals surface area contributed by atoms with Crippen molar-refractivity contribution in [2.24, 2.45) is 0 Å². The molecular formula is C13H9BrF3NO. The monoisotopic (exact) mass is 331 g/mol. The molecule has 1 aromatic carbocycles. The number of nitrogens with zero attached hydrogens (tertiary/aromatic N) is 1. The summed E-state index contributed by atoms with van der Waals surface area (Å²) in [5.41, 5.74) is -0.0525. The molecule has 0 spiro atoms. The van der Waals surface area contributed by atoms with Crippen LogP contribution in [0.2, 0.25) is 0 Å². The minimum atomic E-state index is -4.48. The lowest BCUT2D eigenvalue weighted by atomic mass is 10.2. The van der Waals surface area contributed by atoms with E-state index in [0.29, 0.717) is 5.75 Å². The fraction of sp³-hybridized carbons (Fsp3) is 0.154. The molecule has 0 atom stereocenters. The van der Waals surface area contributed by atoms with Crippen LogP contribution in [0.25, 0.3) is 0 Å². The summed E-state index contributed by atoms with van der Waals surface area (Å²) in [6, 6.07) is 8.67. The van der Waals surface area contributed by atoms with Crippen molar-refractivity contribution in [3.05, 3.63) is 52.1 Å². The minimum Gasteiger partial charge on any atom is -0.439 e. The third kappa shape index (κ3) is 3.47. The quantitative estimate of drug-likeness (QED) is 0.775. The highest BCUT2D eigenvalue weighted by molar-refractivity contribution is 9.10. The largest absolute Gasteiger partial charge is 0.439 e. The van der Waals surface area contributed by atoms with Crippen LogP contribution in [0.4, 0.5) is 13.2 Å². The number of halogens is 4. The molecule has 2 nitrogen and oxygen atoms in total. The highest BCUT2D eigenvalue weighted by atomic mass is 79.9. The van der Waals surface area contributed by atoms with Crippen molar-refractivity contribution in [2.75, 3.05) is 0 Å². The lowest BCUT2D eigenvalue weighted by molar-refractivity contribution is -0.141. The molecule has 2 aromatic rings. The molecule has 6 heteroatoms. The summed E-state index contributed by atoms with van der Waals surface area (Å²) >= 11 is 3.33. The SMILES string of the molecule is Cc1cc(Oc2cccc(C(F)(F)F)n2)ccc1Br. The van der Waals surface area contributed by atoms with Gasteiger partial charge in [0.2, 0.25) is 5.88 Å². The molecule has 0 aliphatic rings. The molecule has 0 N–H and O–H groups in total. The van der Waals surface area contributed by atoms with Gasteiger partial charge in [-0.05, 0) is 36.8 Å². The maximum absolute atomic E-state index is 12.5. The number of aromatic nitrogens is 1. The van der Waals surface area contributed by atoms with E-state index in [2.05, 4.69) is 20.9 Å². The fourth-order valence-corrected chi connectivity index (χ4v) is 1.68. The summed E-state index contributed by atoms with van der Waals surface area (Å²) in [4.78, 5) is 3.43. The molecule has 1 heterocycles. The van der Waals surface area contributed by atoms with Crippen LogP contribution in [-0.2, 0) is 6.18 Å². The molecular weight excluding hydrogens is 323 g/mol. The Morgan fingerprint density at radius 3 is 2.53 bits per heavy atom. The van der Waals surface area contributed by atoms with Gasteiger partial charge in [-0.25, -0.2) is 4.98 Å². The Balaban J connectivity index is 2.26. The Kier molecular flexibility index (Phi) is 3.80. The summed E-state index contributed by atoms with van der Waals surface area (Å²) in [6.07, 6.45) is -4.48. The lowest BCUT2D eigenvalue weighted by Gasteiger charge is -2.09. The molecule has 0 aliphatic heterocycles. The van der Waals surface area contributed by atoms with Crippen molar-refractivity contribution in [1.29, 1.82) is 0 Å². The zero-order chi connectivity index (χ0) is 14.0. The van der Waals surface area contributed by atoms with E-state index in [1.165, 1.54) is 12.1 Å². The first-order valence-electron chi connectivity index (χ1n) is 5.34. The Hall–Kier alpha value is -1.56. The van der Waals surface area contributed by atoms with E-state index in [-0.39, 0.29) is 5.88 Å². The topological polar surface area (TPSA) is 22.1 Å². The fourth-order valence-electron chi connectivity index (χ4n) is 1.43. The molecule has 2 rings (SSSR count). The van der Waals surface area contributed by atoms with Gasteiger partial charge in [0, 0.05) is 10.5 Å². The summed E-state index contributed by atoms with van der Waals surface area (Å²) in [5.74, 6) is 0.351. The van der Waals surface area contributed by atoms with Gasteiger partial charge in [0.15, 0.2) is 0 Å². The molecule has 0 aliphatic carbocycles. The first-order chi connectivity index (χ1) is 8.86. The summed E-state index contributed by atoms with van der Waals surface area (Å²) in [6.45, 7) is 1.86. The van der Waals surface area contributed by atoms with Crippen LogP contribution in [0.3, 0.4) is 0 Å². The number of hydrogen-bond donors (Lipinski definition) is 0. The molecule has 0 fully saturated rings. The van der Waals surface area contributed by atoms with Gasteiger partial charge in [-0.1, -0.05) is 22.0 Å². The molecule has 19 heavy (non-hydrogen) atoms. The van der Waals surface area contributed by atoms with E-state index >= 15 is 0 Å². The molecule has 0 bridgehead atoms. The van der Waals surface area contributed by atoms with Crippen molar-refractivity contribution in [1.82, 2.24) is 4.98 Å². The zero-order valence-corrected chi connectivity index (χ0v) is 11.4. The van der Waals surface area contributed by atoms with Crippen molar-refractivity contribution >= 4 is 15.9 Å². The molecule has 0 radical (unpaired) electrons. The van der Waals surface area contributed by atoms with E-state index in [0.717, 1.165) is 16.1 Å². The highest BCUT2D eigenvalue weighted by Gasteiger charge is 2.32. The Bertz CT molecular complexity index is 599. The number of rotatable bonds is 2. The summed E-state index contributed by atoms with van der Waals surface area (Å²) in [7, 11) is 0. The molecule has 0 saturated heterocycles. The smallest absolute Gasteiger partial charge is 0.433 e. The van der Waals surface area contributed by atoms with Crippen molar-refractivity contribution < 1.29 is 17.9 Å². The molecule has 0 amide bonds. The van der Waals surface area contributed by atoms with Crippen LogP contribution in [0.5, 0.6) is 11.6 Å². The van der Waals surface area contributed by atoms with Crippen molar-refractivity contribution in [3.8, 4) is 11.6 Å². The number of alkyl halides is 3. The van der Waals surface area contributed by atoms with Gasteiger partial charge in [-0.15, -0.1) is 0 Å². The summed E-state index contributed by atoms with van der Waals surface area (Å²) < 4.78 is 43.7. The van der Waals surface area contributed by atoms with Gasteiger partial charge in [0.1, 0.15) is 11.4 Å². The molecule has 1 aromatic heterocycles. The first kappa shape index (κ1) is 13.9. The Morgan fingerprint density at radius 1 is 1.16 bits per heavy atom. The van der Waals surface area contributed by atoms with Gasteiger partial charge in [-0.2, -0.15) is 13.2 Å². The number of aryl methyl sites for hydroxylation is 1. The summed E-state index contributed by atoms with van der Waals surface area (Å²) in [5, 5.41) is 0. The number of pyridine rings is 1. The Morgan fingerprint density at radius 2 is 1.89 bits per heavy atom. The number of ether oxygens (including phenoxy) is 1. The van der Waals surface area contributed by atoms with E-state index < -0.39 is 11.9 Å². The van der Waals surface area contributed by atoms with E-state index in [1.54, 1.807) is 18.2 Å². The molecule has 100 valence electrons. The molecule has 0 saturated carbocycles. The second kappa shape index (κ2) is 5.21. The van der Waals surface area contributed by atoms with E-state index in [9.17, 15) is 13.2 Å². The van der Waals surface area contributed by atoms with Gasteiger partial charge in [0.25, 0.3) is 0 Å². The van der Waals surface area contributed by atoms with Gasteiger partial charge < -0.3 is 4.74 Å². The second-order valence-corrected chi connectivity index (χ2v) is 4.73. The standard InChI is InChI=1S/C13H9BrF3NO/c1-8-7-9(5-6-10(8)14)19-12-4-2-3-11(18-12)13(15,16)17/h2-7H,1H3. The predicted octanol–water partition coefficient (Wildman–Crippen LogP) is 4.96. The lowest BCUT2D eigenvalue weighted by Crippen LogP contribution is -2.07. The van der Waals surface area contributed by atoms with Crippen LogP contribution in [0.1, 0.15) is 11.3 Å². The first-order valence-corrected chi connectivity index (χ1v) is 6.14. The highest BCUT2D eigenvalue weighted by Crippen LogP contribution is 2.30. The average molecular weight is 332 g/mol. The maximum atomic E-state index is 12.5. The molecule has 0 unspecified atom stereocenters. The van der Waals surface area contributed by atoms with Gasteiger partial charge in [0.05, 0.1) is 0 Å². The van der Waals surface area contributed by atoms with Crippen molar-refractivity contribution in [3.63, 3.8) is 0 Å². The number of benzene rings is 1. The van der Waals surface area contributed by atoms with Gasteiger partial charge >= 0.3 is 6.18 Å². The Labute approximate surface area is 116 Å². The van der Waals surface area contributed by atoms with Crippen LogP contribution >= 0.6 is 15.9 Å². The average Bonchev–Trinajstić information content (AvgIpc) is 2.33. The zero-order valence-electron chi connectivity index (χ0n) is 9.83. The normalized spacial score (nSPS) is 11.4. The van der Waals surface area contributed by atoms with E-state index in [1.807, 2.05) is 6.92 Å². The number of hydrogen-bond acceptors (Lipinski definition) is 2. The predicted molar refractivity (Wildman–Crippen MR) is 68.2 cm³/mol. The van der Waals surface area contributed by atoms with E-state index in [4.69, 9.17) is 4.74 Å². The van der Waals surface area contributed by atoms with Gasteiger partial charge in [-0.3, -0.25) is 0 Å².